The van der Waals surface area contributed by atoms with Gasteiger partial charge in [0, 0.05) is 17.8 Å². The Morgan fingerprint density at radius 3 is 2.41 bits per heavy atom. The number of allylic oxidation sites excluding steroid dienone is 1. The van der Waals surface area contributed by atoms with E-state index in [1.807, 2.05) is 24.4 Å². The molecule has 4 nitrogen and oxygen atoms in total. The minimum Gasteiger partial charge on any atom is -0.481 e. The Kier molecular flexibility index (Phi) is 6.79. The zero-order chi connectivity index (χ0) is 21.1. The molecule has 0 aromatic carbocycles. The fourth-order valence-electron chi connectivity index (χ4n) is 4.04. The topological polar surface area (TPSA) is 44.2 Å². The molecule has 1 fully saturated rings. The van der Waals surface area contributed by atoms with Crippen LogP contribution in [0.4, 0.5) is 0 Å². The molecule has 0 aliphatic heterocycles. The van der Waals surface area contributed by atoms with Crippen LogP contribution in [-0.4, -0.2) is 32.4 Å². The lowest BCUT2D eigenvalue weighted by molar-refractivity contribution is 0.0202. The third-order valence-electron chi connectivity index (χ3n) is 5.98. The minimum absolute atomic E-state index is 0.00988. The van der Waals surface area contributed by atoms with Crippen LogP contribution in [0.15, 0.2) is 30.5 Å². The highest BCUT2D eigenvalue weighted by molar-refractivity contribution is 6.31. The molecule has 29 heavy (non-hydrogen) atoms. The Balaban J connectivity index is 1.62. The Hall–Kier alpha value is -1.72. The molecule has 0 N–H and O–H groups in total. The van der Waals surface area contributed by atoms with Gasteiger partial charge in [-0.05, 0) is 68.5 Å². The summed E-state index contributed by atoms with van der Waals surface area (Å²) in [5, 5.41) is 0.348. The van der Waals surface area contributed by atoms with E-state index >= 15 is 0 Å². The summed E-state index contributed by atoms with van der Waals surface area (Å²) in [4.78, 5) is 9.01. The first-order chi connectivity index (χ1) is 13.7. The van der Waals surface area contributed by atoms with Crippen LogP contribution in [-0.2, 0) is 4.43 Å². The lowest BCUT2D eigenvalue weighted by Crippen LogP contribution is -2.39. The van der Waals surface area contributed by atoms with Crippen LogP contribution < -0.4 is 4.74 Å². The van der Waals surface area contributed by atoms with Crippen molar-refractivity contribution < 1.29 is 9.16 Å². The summed E-state index contributed by atoms with van der Waals surface area (Å²) in [6.45, 7) is 11.5. The number of fused-ring (bicyclic) bond motifs is 1. The molecule has 0 saturated heterocycles. The van der Waals surface area contributed by atoms with Gasteiger partial charge in [0.2, 0.25) is 5.88 Å². The predicted octanol–water partition coefficient (Wildman–Crippen LogP) is 5.56. The lowest BCUT2D eigenvalue weighted by atomic mass is 9.75. The number of aromatic nitrogens is 2. The van der Waals surface area contributed by atoms with Gasteiger partial charge in [0.05, 0.1) is 23.7 Å². The maximum atomic E-state index is 6.46. The summed E-state index contributed by atoms with van der Waals surface area (Å²) in [6.07, 6.45) is 11.4. The average Bonchev–Trinajstić information content (AvgIpc) is 2.70. The zero-order valence-electron chi connectivity index (χ0n) is 18.9. The molecule has 0 radical (unpaired) electrons. The van der Waals surface area contributed by atoms with Crippen molar-refractivity contribution in [1.29, 1.82) is 0 Å². The van der Waals surface area contributed by atoms with E-state index in [-0.39, 0.29) is 5.60 Å². The zero-order valence-corrected chi connectivity index (χ0v) is 20.3. The summed E-state index contributed by atoms with van der Waals surface area (Å²) in [7, 11) is 1.13. The second-order valence-corrected chi connectivity index (χ2v) is 12.7. The number of rotatable bonds is 6. The van der Waals surface area contributed by atoms with Crippen molar-refractivity contribution in [1.82, 2.24) is 9.97 Å². The lowest BCUT2D eigenvalue weighted by Gasteiger charge is -2.40. The molecule has 2 aromatic heterocycles. The number of hydrogen-bond acceptors (Lipinski definition) is 4. The van der Waals surface area contributed by atoms with E-state index in [1.165, 1.54) is 25.7 Å². The molecular weight excluding hydrogens is 376 g/mol. The third kappa shape index (κ3) is 5.89. The second kappa shape index (κ2) is 8.96. The molecule has 158 valence electrons. The molecule has 0 amide bonds. The Bertz CT molecular complexity index is 850. The predicted molar refractivity (Wildman–Crippen MR) is 124 cm³/mol. The molecule has 2 aromatic rings. The Labute approximate surface area is 178 Å². The van der Waals surface area contributed by atoms with E-state index in [9.17, 15) is 0 Å². The van der Waals surface area contributed by atoms with Crippen molar-refractivity contribution in [2.75, 3.05) is 7.11 Å². The van der Waals surface area contributed by atoms with Crippen molar-refractivity contribution in [3.63, 3.8) is 0 Å². The summed E-state index contributed by atoms with van der Waals surface area (Å²) in [5.41, 5.74) is 2.92. The van der Waals surface area contributed by atoms with Crippen LogP contribution in [0.1, 0.15) is 65.9 Å². The number of pyridine rings is 2. The third-order valence-corrected chi connectivity index (χ3v) is 7.73. The van der Waals surface area contributed by atoms with Crippen molar-refractivity contribution >= 4 is 26.9 Å². The van der Waals surface area contributed by atoms with Gasteiger partial charge in [-0.25, -0.2) is 4.98 Å². The molecule has 1 aliphatic carbocycles. The molecule has 1 saturated carbocycles. The van der Waals surface area contributed by atoms with Crippen molar-refractivity contribution in [3.8, 4) is 5.88 Å². The number of nitrogens with zero attached hydrogens (tertiary/aromatic N) is 2. The highest BCUT2D eigenvalue weighted by atomic mass is 28.2. The van der Waals surface area contributed by atoms with E-state index in [1.54, 1.807) is 7.11 Å². The fourth-order valence-corrected chi connectivity index (χ4v) is 5.08. The van der Waals surface area contributed by atoms with Crippen molar-refractivity contribution in [3.05, 3.63) is 36.0 Å². The monoisotopic (exact) mass is 412 g/mol. The Morgan fingerprint density at radius 2 is 1.76 bits per heavy atom. The van der Waals surface area contributed by atoms with Crippen LogP contribution in [0.5, 0.6) is 5.88 Å². The van der Waals surface area contributed by atoms with E-state index in [0.29, 0.717) is 22.8 Å². The molecule has 0 atom stereocenters. The van der Waals surface area contributed by atoms with E-state index in [0.717, 1.165) is 16.6 Å². The highest BCUT2D eigenvalue weighted by Crippen LogP contribution is 2.39. The summed E-state index contributed by atoms with van der Waals surface area (Å²) in [5.74, 6) is 1.91. The van der Waals surface area contributed by atoms with Crippen LogP contribution in [0.25, 0.3) is 17.1 Å². The van der Waals surface area contributed by atoms with Gasteiger partial charge >= 0.3 is 0 Å². The average molecular weight is 413 g/mol. The normalized spacial score (nSPS) is 21.4. The van der Waals surface area contributed by atoms with Crippen LogP contribution in [0.3, 0.4) is 0 Å². The first kappa shape index (κ1) is 22.0. The molecule has 0 bridgehead atoms. The molecule has 1 aliphatic rings. The van der Waals surface area contributed by atoms with Gasteiger partial charge in [-0.15, -0.1) is 0 Å². The number of methoxy groups -OCH3 is 1. The summed E-state index contributed by atoms with van der Waals surface area (Å²) < 4.78 is 11.7. The SMILES string of the molecule is COc1ccc2nccc(C=C[C@H]3CC[C@H](C(C)(C)O[SiH2]C(C)(C)C)CC3)c2n1. The number of ether oxygens (including phenoxy) is 1. The van der Waals surface area contributed by atoms with Crippen LogP contribution in [0, 0.1) is 11.8 Å². The first-order valence-electron chi connectivity index (χ1n) is 10.8. The molecule has 0 spiro atoms. The smallest absolute Gasteiger partial charge is 0.213 e. The van der Waals surface area contributed by atoms with E-state index < -0.39 is 9.76 Å². The molecule has 3 rings (SSSR count). The maximum Gasteiger partial charge on any atom is 0.213 e. The van der Waals surface area contributed by atoms with E-state index in [4.69, 9.17) is 9.16 Å². The second-order valence-electron chi connectivity index (χ2n) is 10.0. The van der Waals surface area contributed by atoms with Gasteiger partial charge in [0.1, 0.15) is 0 Å². The van der Waals surface area contributed by atoms with Gasteiger partial charge in [-0.3, -0.25) is 4.98 Å². The maximum absolute atomic E-state index is 6.46. The van der Waals surface area contributed by atoms with Gasteiger partial charge in [0.25, 0.3) is 0 Å². The standard InChI is InChI=1S/C24H36N2O2Si/c1-23(2,3)29-28-24(4,5)19-11-8-17(9-12-19)7-10-18-15-16-25-20-13-14-21(27-6)26-22(18)20/h7,10,13-17,19H,8-9,11-12,29H2,1-6H3/t17-,19-. The Morgan fingerprint density at radius 1 is 1.03 bits per heavy atom. The highest BCUT2D eigenvalue weighted by Gasteiger charge is 2.34. The summed E-state index contributed by atoms with van der Waals surface area (Å²) in [6, 6.07) is 5.86. The minimum atomic E-state index is -0.520. The van der Waals surface area contributed by atoms with Gasteiger partial charge in [-0.2, -0.15) is 0 Å². The van der Waals surface area contributed by atoms with Crippen molar-refractivity contribution in [2.24, 2.45) is 11.8 Å². The molecule has 5 heteroatoms. The van der Waals surface area contributed by atoms with Gasteiger partial charge < -0.3 is 9.16 Å². The molecule has 0 unspecified atom stereocenters. The largest absolute Gasteiger partial charge is 0.481 e. The van der Waals surface area contributed by atoms with Gasteiger partial charge in [0.15, 0.2) is 9.76 Å². The fraction of sp³-hybridized carbons (Fsp3) is 0.583. The summed E-state index contributed by atoms with van der Waals surface area (Å²) >= 11 is 0. The molecular formula is C24H36N2O2Si. The van der Waals surface area contributed by atoms with Crippen molar-refractivity contribution in [2.45, 2.75) is 70.9 Å². The van der Waals surface area contributed by atoms with Gasteiger partial charge in [-0.1, -0.05) is 32.9 Å². The number of hydrogen-bond donors (Lipinski definition) is 0. The van der Waals surface area contributed by atoms with Crippen LogP contribution in [0.2, 0.25) is 5.04 Å². The van der Waals surface area contributed by atoms with Crippen LogP contribution >= 0.6 is 0 Å². The molecule has 2 heterocycles. The quantitative estimate of drug-likeness (QED) is 0.583. The first-order valence-corrected chi connectivity index (χ1v) is 12.1. The van der Waals surface area contributed by atoms with E-state index in [2.05, 4.69) is 56.7 Å².